The Kier molecular flexibility index (Phi) is 2.56. The van der Waals surface area contributed by atoms with Crippen LogP contribution in [0.25, 0.3) is 11.0 Å². The van der Waals surface area contributed by atoms with Crippen molar-refractivity contribution in [2.45, 2.75) is 38.5 Å². The van der Waals surface area contributed by atoms with Gasteiger partial charge in [0.1, 0.15) is 5.69 Å². The van der Waals surface area contributed by atoms with Crippen LogP contribution in [0.5, 0.6) is 0 Å². The summed E-state index contributed by atoms with van der Waals surface area (Å²) in [6, 6.07) is 4.21. The number of hydrogen-bond donors (Lipinski definition) is 1. The van der Waals surface area contributed by atoms with Gasteiger partial charge in [0, 0.05) is 17.5 Å². The van der Waals surface area contributed by atoms with Crippen LogP contribution in [0.1, 0.15) is 49.9 Å². The fourth-order valence-electron chi connectivity index (χ4n) is 1.91. The number of nitrogens with one attached hydrogen (secondary N) is 1. The molecular formula is C14H15N3. The summed E-state index contributed by atoms with van der Waals surface area (Å²) in [6.45, 7) is 2.12. The molecule has 0 aromatic carbocycles. The van der Waals surface area contributed by atoms with E-state index < -0.39 is 0 Å². The van der Waals surface area contributed by atoms with E-state index >= 15 is 0 Å². The molecule has 0 spiro atoms. The van der Waals surface area contributed by atoms with Crippen molar-refractivity contribution in [1.29, 1.82) is 0 Å². The third kappa shape index (κ3) is 2.16. The molecule has 3 rings (SSSR count). The number of rotatable bonds is 2. The van der Waals surface area contributed by atoms with E-state index in [-0.39, 0.29) is 0 Å². The average Bonchev–Trinajstić information content (AvgIpc) is 3.10. The van der Waals surface area contributed by atoms with Crippen LogP contribution in [-0.4, -0.2) is 15.2 Å². The Labute approximate surface area is 101 Å². The summed E-state index contributed by atoms with van der Waals surface area (Å²) in [5.74, 6) is 6.87. The van der Waals surface area contributed by atoms with Gasteiger partial charge >= 0.3 is 0 Å². The van der Waals surface area contributed by atoms with Gasteiger partial charge in [0.25, 0.3) is 0 Å². The summed E-state index contributed by atoms with van der Waals surface area (Å²) in [7, 11) is 0. The second-order valence-corrected chi connectivity index (χ2v) is 4.58. The van der Waals surface area contributed by atoms with Crippen molar-refractivity contribution in [3.63, 3.8) is 0 Å². The van der Waals surface area contributed by atoms with Crippen LogP contribution in [0.2, 0.25) is 0 Å². The molecule has 2 aromatic heterocycles. The van der Waals surface area contributed by atoms with Gasteiger partial charge in [-0.05, 0) is 43.2 Å². The minimum atomic E-state index is 0.721. The molecule has 1 saturated carbocycles. The van der Waals surface area contributed by atoms with Crippen LogP contribution < -0.4 is 0 Å². The van der Waals surface area contributed by atoms with E-state index in [0.29, 0.717) is 0 Å². The lowest BCUT2D eigenvalue weighted by Gasteiger charge is -1.89. The molecule has 2 heterocycles. The molecule has 0 bridgehead atoms. The maximum Gasteiger partial charge on any atom is 0.160 e. The summed E-state index contributed by atoms with van der Waals surface area (Å²) in [5, 5.41) is 9.43. The van der Waals surface area contributed by atoms with Gasteiger partial charge in [0.2, 0.25) is 0 Å². The fourth-order valence-corrected chi connectivity index (χ4v) is 1.91. The van der Waals surface area contributed by atoms with Crippen molar-refractivity contribution < 1.29 is 0 Å². The molecule has 1 fully saturated rings. The summed E-state index contributed by atoms with van der Waals surface area (Å²) in [5.41, 5.74) is 2.95. The third-order valence-electron chi connectivity index (χ3n) is 3.01. The molecular weight excluding hydrogens is 210 g/mol. The first kappa shape index (κ1) is 10.3. The van der Waals surface area contributed by atoms with Gasteiger partial charge in [-0.1, -0.05) is 12.8 Å². The minimum Gasteiger partial charge on any atom is -0.342 e. The van der Waals surface area contributed by atoms with E-state index in [9.17, 15) is 0 Å². The third-order valence-corrected chi connectivity index (χ3v) is 3.01. The monoisotopic (exact) mass is 225 g/mol. The Hall–Kier alpha value is -1.82. The van der Waals surface area contributed by atoms with E-state index in [1.165, 1.54) is 18.5 Å². The van der Waals surface area contributed by atoms with Gasteiger partial charge in [-0.2, -0.15) is 0 Å². The highest BCUT2D eigenvalue weighted by Gasteiger charge is 2.25. The van der Waals surface area contributed by atoms with Crippen molar-refractivity contribution in [3.05, 3.63) is 23.5 Å². The number of H-pyrrole nitrogens is 1. The molecule has 1 aliphatic carbocycles. The number of aromatic nitrogens is 3. The maximum atomic E-state index is 4.18. The van der Waals surface area contributed by atoms with Crippen LogP contribution in [0, 0.1) is 11.8 Å². The van der Waals surface area contributed by atoms with Crippen LogP contribution in [0.3, 0.4) is 0 Å². The molecule has 0 amide bonds. The van der Waals surface area contributed by atoms with Crippen molar-refractivity contribution in [2.24, 2.45) is 0 Å². The summed E-state index contributed by atoms with van der Waals surface area (Å²) < 4.78 is 0. The van der Waals surface area contributed by atoms with Crippen LogP contribution >= 0.6 is 0 Å². The zero-order chi connectivity index (χ0) is 11.7. The standard InChI is InChI=1S/C14H15N3/c1-2-3-4-5-12-8-11-9-13(10-6-7-10)15-14(11)17-16-12/h8-10H,2-3,6-7H2,1H3,(H,15,17). The Morgan fingerprint density at radius 1 is 1.35 bits per heavy atom. The quantitative estimate of drug-likeness (QED) is 0.798. The van der Waals surface area contributed by atoms with Crippen molar-refractivity contribution >= 4 is 11.0 Å². The van der Waals surface area contributed by atoms with Crippen LogP contribution in [-0.2, 0) is 0 Å². The topological polar surface area (TPSA) is 41.6 Å². The minimum absolute atomic E-state index is 0.721. The maximum absolute atomic E-state index is 4.18. The Morgan fingerprint density at radius 3 is 3.00 bits per heavy atom. The largest absolute Gasteiger partial charge is 0.342 e. The molecule has 0 aliphatic heterocycles. The zero-order valence-corrected chi connectivity index (χ0v) is 9.95. The molecule has 1 aliphatic rings. The summed E-state index contributed by atoms with van der Waals surface area (Å²) >= 11 is 0. The lowest BCUT2D eigenvalue weighted by molar-refractivity contribution is 0.980. The molecule has 0 unspecified atom stereocenters. The highest BCUT2D eigenvalue weighted by Crippen LogP contribution is 2.40. The van der Waals surface area contributed by atoms with E-state index in [1.807, 2.05) is 6.07 Å². The first-order valence-electron chi connectivity index (χ1n) is 6.22. The smallest absolute Gasteiger partial charge is 0.160 e. The first-order valence-corrected chi connectivity index (χ1v) is 6.22. The molecule has 0 radical (unpaired) electrons. The zero-order valence-electron chi connectivity index (χ0n) is 9.95. The highest BCUT2D eigenvalue weighted by atomic mass is 15.1. The van der Waals surface area contributed by atoms with E-state index in [2.05, 4.69) is 40.0 Å². The Bertz CT molecular complexity index is 597. The molecule has 3 heteroatoms. The Morgan fingerprint density at radius 2 is 2.24 bits per heavy atom. The number of aromatic amines is 1. The van der Waals surface area contributed by atoms with Gasteiger partial charge in [-0.25, -0.2) is 0 Å². The molecule has 1 N–H and O–H groups in total. The first-order chi connectivity index (χ1) is 8.36. The lowest BCUT2D eigenvalue weighted by atomic mass is 10.2. The molecule has 0 saturated heterocycles. The molecule has 3 nitrogen and oxygen atoms in total. The highest BCUT2D eigenvalue weighted by molar-refractivity contribution is 5.77. The fraction of sp³-hybridized carbons (Fsp3) is 0.429. The normalized spacial score (nSPS) is 14.6. The van der Waals surface area contributed by atoms with Crippen molar-refractivity contribution in [3.8, 4) is 11.8 Å². The van der Waals surface area contributed by atoms with E-state index in [4.69, 9.17) is 0 Å². The summed E-state index contributed by atoms with van der Waals surface area (Å²) in [4.78, 5) is 3.33. The molecule has 17 heavy (non-hydrogen) atoms. The Balaban J connectivity index is 1.92. The van der Waals surface area contributed by atoms with E-state index in [1.54, 1.807) is 0 Å². The van der Waals surface area contributed by atoms with Gasteiger partial charge in [0.05, 0.1) is 0 Å². The number of hydrogen-bond acceptors (Lipinski definition) is 2. The molecule has 0 atom stereocenters. The van der Waals surface area contributed by atoms with Crippen molar-refractivity contribution in [2.75, 3.05) is 0 Å². The molecule has 86 valence electrons. The molecule has 2 aromatic rings. The second kappa shape index (κ2) is 4.21. The van der Waals surface area contributed by atoms with Crippen LogP contribution in [0.15, 0.2) is 12.1 Å². The van der Waals surface area contributed by atoms with Gasteiger partial charge in [-0.15, -0.1) is 10.2 Å². The number of nitrogens with zero attached hydrogens (tertiary/aromatic N) is 2. The predicted octanol–water partition coefficient (Wildman–Crippen LogP) is 2.99. The predicted molar refractivity (Wildman–Crippen MR) is 67.6 cm³/mol. The average molecular weight is 225 g/mol. The van der Waals surface area contributed by atoms with Gasteiger partial charge in [0.15, 0.2) is 5.65 Å². The lowest BCUT2D eigenvalue weighted by Crippen LogP contribution is -1.87. The number of fused-ring (bicyclic) bond motifs is 1. The van der Waals surface area contributed by atoms with Gasteiger partial charge in [-0.3, -0.25) is 0 Å². The van der Waals surface area contributed by atoms with Gasteiger partial charge < -0.3 is 4.98 Å². The second-order valence-electron chi connectivity index (χ2n) is 4.58. The van der Waals surface area contributed by atoms with E-state index in [0.717, 1.165) is 35.5 Å². The SMILES string of the molecule is CCCC#Cc1cc2cc(C3CC3)[nH]c2nn1. The van der Waals surface area contributed by atoms with Crippen LogP contribution in [0.4, 0.5) is 0 Å². The van der Waals surface area contributed by atoms with Crippen molar-refractivity contribution in [1.82, 2.24) is 15.2 Å². The summed E-state index contributed by atoms with van der Waals surface area (Å²) in [6.07, 6.45) is 4.59. The number of unbranched alkanes of at least 4 members (excludes halogenated alkanes) is 1.